The Morgan fingerprint density at radius 1 is 0.796 bits per heavy atom. The number of hydrogen-bond acceptors (Lipinski definition) is 5. The summed E-state index contributed by atoms with van der Waals surface area (Å²) < 4.78 is 6.14. The average Bonchev–Trinajstić information content (AvgIpc) is 3.11. The number of nitrogens with zero attached hydrogens (tertiary/aromatic N) is 3. The summed E-state index contributed by atoms with van der Waals surface area (Å²) in [4.78, 5) is 40.5. The molecule has 3 aromatic heterocycles. The van der Waals surface area contributed by atoms with Crippen molar-refractivity contribution in [3.8, 4) is 16.9 Å². The van der Waals surface area contributed by atoms with Crippen LogP contribution in [0.15, 0.2) is 120 Å². The van der Waals surface area contributed by atoms with E-state index in [2.05, 4.69) is 72.2 Å². The number of rotatable bonds is 11. The molecule has 248 valence electrons. The minimum Gasteiger partial charge on any atom is -0.493 e. The highest BCUT2D eigenvalue weighted by molar-refractivity contribution is 6.03. The normalized spacial score (nSPS) is 11.2. The second-order valence-corrected chi connectivity index (χ2v) is 12.7. The van der Waals surface area contributed by atoms with E-state index < -0.39 is 6.03 Å². The van der Waals surface area contributed by atoms with Crippen LogP contribution in [0.2, 0.25) is 0 Å². The quantitative estimate of drug-likeness (QED) is 0.146. The van der Waals surface area contributed by atoms with E-state index in [0.29, 0.717) is 12.3 Å². The molecule has 0 saturated carbocycles. The molecule has 3 heterocycles. The van der Waals surface area contributed by atoms with Crippen LogP contribution in [0.3, 0.4) is 0 Å². The summed E-state index contributed by atoms with van der Waals surface area (Å²) >= 11 is 0. The van der Waals surface area contributed by atoms with E-state index in [1.807, 2.05) is 66.7 Å². The fourth-order valence-corrected chi connectivity index (χ4v) is 5.94. The van der Waals surface area contributed by atoms with Crippen LogP contribution in [-0.2, 0) is 13.0 Å². The number of hydrogen-bond donors (Lipinski definition) is 2. The van der Waals surface area contributed by atoms with Crippen LogP contribution < -0.4 is 20.5 Å². The SMILES string of the molecule is CC(C)c1cc(-c2cccc(OCCc3ccncc3)c2)cc(C(C)C)c1NC(=O)N(Cc1ccccc1)c1cc2cccnc2[nH]c1=O. The number of aromatic nitrogens is 3. The average molecular weight is 652 g/mol. The largest absolute Gasteiger partial charge is 0.493 e. The molecule has 6 aromatic rings. The number of benzene rings is 3. The first kappa shape index (κ1) is 33.2. The first-order valence-electron chi connectivity index (χ1n) is 16.7. The number of H-pyrrole nitrogens is 1. The molecule has 49 heavy (non-hydrogen) atoms. The molecule has 2 N–H and O–H groups in total. The number of fused-ring (bicyclic) bond motifs is 1. The Morgan fingerprint density at radius 2 is 1.53 bits per heavy atom. The van der Waals surface area contributed by atoms with E-state index in [9.17, 15) is 9.59 Å². The lowest BCUT2D eigenvalue weighted by Gasteiger charge is -2.27. The highest BCUT2D eigenvalue weighted by atomic mass is 16.5. The molecular formula is C41H41N5O3. The van der Waals surface area contributed by atoms with Crippen LogP contribution in [0.1, 0.15) is 61.8 Å². The van der Waals surface area contributed by atoms with Gasteiger partial charge in [0.1, 0.15) is 17.1 Å². The highest BCUT2D eigenvalue weighted by Gasteiger charge is 2.24. The van der Waals surface area contributed by atoms with Gasteiger partial charge < -0.3 is 15.0 Å². The molecule has 8 nitrogen and oxygen atoms in total. The third kappa shape index (κ3) is 7.87. The number of urea groups is 1. The van der Waals surface area contributed by atoms with E-state index in [1.165, 1.54) is 10.5 Å². The minimum atomic E-state index is -0.390. The third-order valence-corrected chi connectivity index (χ3v) is 8.57. The van der Waals surface area contributed by atoms with E-state index in [1.54, 1.807) is 24.7 Å². The molecule has 0 aliphatic heterocycles. The van der Waals surface area contributed by atoms with Gasteiger partial charge in [0, 0.05) is 36.1 Å². The second-order valence-electron chi connectivity index (χ2n) is 12.7. The Hall–Kier alpha value is -5.76. The van der Waals surface area contributed by atoms with Crippen molar-refractivity contribution in [3.05, 3.63) is 148 Å². The Morgan fingerprint density at radius 3 is 2.24 bits per heavy atom. The molecule has 0 spiro atoms. The van der Waals surface area contributed by atoms with Gasteiger partial charge in [0.05, 0.1) is 13.2 Å². The zero-order valence-corrected chi connectivity index (χ0v) is 28.3. The summed E-state index contributed by atoms with van der Waals surface area (Å²) in [6.45, 7) is 9.27. The van der Waals surface area contributed by atoms with Gasteiger partial charge in [-0.2, -0.15) is 0 Å². The number of aromatic amines is 1. The van der Waals surface area contributed by atoms with Crippen LogP contribution in [-0.4, -0.2) is 27.6 Å². The maximum Gasteiger partial charge on any atom is 0.326 e. The van der Waals surface area contributed by atoms with Crippen LogP contribution in [0.4, 0.5) is 16.2 Å². The van der Waals surface area contributed by atoms with Crippen LogP contribution in [0.25, 0.3) is 22.2 Å². The summed E-state index contributed by atoms with van der Waals surface area (Å²) in [5.74, 6) is 1.00. The molecule has 0 fully saturated rings. The lowest BCUT2D eigenvalue weighted by atomic mass is 9.88. The molecule has 0 radical (unpaired) electrons. The van der Waals surface area contributed by atoms with Gasteiger partial charge in [-0.3, -0.25) is 14.7 Å². The lowest BCUT2D eigenvalue weighted by Crippen LogP contribution is -2.38. The van der Waals surface area contributed by atoms with Crippen LogP contribution >= 0.6 is 0 Å². The summed E-state index contributed by atoms with van der Waals surface area (Å²) in [5, 5.41) is 4.00. The molecule has 0 unspecified atom stereocenters. The molecule has 0 aliphatic carbocycles. The van der Waals surface area contributed by atoms with Crippen LogP contribution in [0, 0.1) is 0 Å². The molecule has 0 aliphatic rings. The van der Waals surface area contributed by atoms with Gasteiger partial charge in [-0.1, -0.05) is 70.2 Å². The molecule has 8 heteroatoms. The van der Waals surface area contributed by atoms with Crippen molar-refractivity contribution in [1.29, 1.82) is 0 Å². The van der Waals surface area contributed by atoms with E-state index >= 15 is 0 Å². The Bertz CT molecular complexity index is 2080. The number of ether oxygens (including phenoxy) is 1. The van der Waals surface area contributed by atoms with E-state index in [-0.39, 0.29) is 29.6 Å². The van der Waals surface area contributed by atoms with Crippen molar-refractivity contribution in [1.82, 2.24) is 15.0 Å². The summed E-state index contributed by atoms with van der Waals surface area (Å²) in [6, 6.07) is 31.1. The van der Waals surface area contributed by atoms with Gasteiger partial charge in [0.2, 0.25) is 0 Å². The van der Waals surface area contributed by atoms with Gasteiger partial charge in [-0.05, 0) is 99.8 Å². The predicted molar refractivity (Wildman–Crippen MR) is 197 cm³/mol. The highest BCUT2D eigenvalue weighted by Crippen LogP contribution is 2.38. The maximum atomic E-state index is 14.4. The molecule has 3 aromatic carbocycles. The van der Waals surface area contributed by atoms with Crippen molar-refractivity contribution in [3.63, 3.8) is 0 Å². The number of nitrogens with one attached hydrogen (secondary N) is 2. The molecule has 0 saturated heterocycles. The lowest BCUT2D eigenvalue weighted by molar-refractivity contribution is 0.256. The number of amides is 2. The fourth-order valence-electron chi connectivity index (χ4n) is 5.94. The monoisotopic (exact) mass is 651 g/mol. The second kappa shape index (κ2) is 15.0. The Kier molecular flexibility index (Phi) is 10.1. The van der Waals surface area contributed by atoms with Gasteiger partial charge >= 0.3 is 6.03 Å². The van der Waals surface area contributed by atoms with Gasteiger partial charge in [0.15, 0.2) is 0 Å². The van der Waals surface area contributed by atoms with Crippen molar-refractivity contribution in [2.24, 2.45) is 0 Å². The maximum absolute atomic E-state index is 14.4. The zero-order chi connectivity index (χ0) is 34.3. The molecule has 6 rings (SSSR count). The number of pyridine rings is 3. The smallest absolute Gasteiger partial charge is 0.326 e. The topological polar surface area (TPSA) is 100 Å². The molecule has 0 bridgehead atoms. The number of anilines is 2. The molecular weight excluding hydrogens is 610 g/mol. The molecule has 0 atom stereocenters. The van der Waals surface area contributed by atoms with E-state index in [4.69, 9.17) is 4.74 Å². The van der Waals surface area contributed by atoms with Crippen molar-refractivity contribution >= 4 is 28.4 Å². The Labute approximate surface area is 286 Å². The number of carbonyl (C=O) groups is 1. The summed E-state index contributed by atoms with van der Waals surface area (Å²) in [7, 11) is 0. The van der Waals surface area contributed by atoms with Crippen molar-refractivity contribution in [2.45, 2.75) is 52.5 Å². The van der Waals surface area contributed by atoms with Gasteiger partial charge in [-0.25, -0.2) is 9.78 Å². The standard InChI is InChI=1S/C41H41N5O3/c1-27(2)35-23-33(31-12-8-14-34(22-31)49-21-17-29-15-19-42-20-16-29)24-36(28(3)4)38(35)44-41(48)46(26-30-10-6-5-7-11-30)37-25-32-13-9-18-43-39(32)45-40(37)47/h5-16,18-20,22-25,27-28H,17,21,26H2,1-4H3,(H,44,48)(H,43,45,47). The van der Waals surface area contributed by atoms with Crippen molar-refractivity contribution < 1.29 is 9.53 Å². The van der Waals surface area contributed by atoms with Gasteiger partial charge in [0.25, 0.3) is 5.56 Å². The third-order valence-electron chi connectivity index (χ3n) is 8.57. The number of carbonyl (C=O) groups excluding carboxylic acids is 1. The Balaban J connectivity index is 1.34. The van der Waals surface area contributed by atoms with E-state index in [0.717, 1.165) is 51.1 Å². The first-order valence-corrected chi connectivity index (χ1v) is 16.7. The minimum absolute atomic E-state index is 0.102. The fraction of sp³-hybridized carbons (Fsp3) is 0.220. The van der Waals surface area contributed by atoms with Crippen molar-refractivity contribution in [2.75, 3.05) is 16.8 Å². The predicted octanol–water partition coefficient (Wildman–Crippen LogP) is 9.09. The summed E-state index contributed by atoms with van der Waals surface area (Å²) in [5.41, 5.74) is 7.27. The van der Waals surface area contributed by atoms with Gasteiger partial charge in [-0.15, -0.1) is 0 Å². The zero-order valence-electron chi connectivity index (χ0n) is 28.3. The first-order chi connectivity index (χ1) is 23.8. The van der Waals surface area contributed by atoms with Crippen LogP contribution in [0.5, 0.6) is 5.75 Å². The molecule has 2 amide bonds. The summed E-state index contributed by atoms with van der Waals surface area (Å²) in [6.07, 6.45) is 6.01.